The molecule has 0 aliphatic rings. The van der Waals surface area contributed by atoms with E-state index in [1.54, 1.807) is 23.9 Å². The zero-order valence-corrected chi connectivity index (χ0v) is 15.6. The molecule has 0 radical (unpaired) electrons. The summed E-state index contributed by atoms with van der Waals surface area (Å²) in [6.45, 7) is 1.50. The average Bonchev–Trinajstić information content (AvgIpc) is 3.23. The van der Waals surface area contributed by atoms with Crippen molar-refractivity contribution in [1.29, 1.82) is 0 Å². The second kappa shape index (κ2) is 6.42. The van der Waals surface area contributed by atoms with Crippen LogP contribution in [0.15, 0.2) is 58.8 Å². The molecule has 7 heteroatoms. The number of hydrogen-bond acceptors (Lipinski definition) is 4. The van der Waals surface area contributed by atoms with Crippen LogP contribution in [-0.2, 0) is 4.79 Å². The van der Waals surface area contributed by atoms with Crippen LogP contribution in [0.2, 0.25) is 0 Å². The number of benzene rings is 2. The van der Waals surface area contributed by atoms with Gasteiger partial charge in [0.15, 0.2) is 0 Å². The minimum atomic E-state index is -0.110. The van der Waals surface area contributed by atoms with Crippen molar-refractivity contribution in [1.82, 2.24) is 14.5 Å². The first-order valence-corrected chi connectivity index (χ1v) is 9.23. The Morgan fingerprint density at radius 2 is 2.08 bits per heavy atom. The van der Waals surface area contributed by atoms with Crippen molar-refractivity contribution >= 4 is 49.9 Å². The zero-order chi connectivity index (χ0) is 17.4. The molecule has 4 rings (SSSR count). The Labute approximate surface area is 156 Å². The molecule has 2 aromatic heterocycles. The highest BCUT2D eigenvalue weighted by molar-refractivity contribution is 9.10. The maximum Gasteiger partial charge on any atom is 0.221 e. The van der Waals surface area contributed by atoms with Crippen molar-refractivity contribution in [2.75, 3.05) is 5.32 Å². The second-order valence-corrected chi connectivity index (χ2v) is 7.34. The largest absolute Gasteiger partial charge is 0.326 e. The monoisotopic (exact) mass is 412 g/mol. The lowest BCUT2D eigenvalue weighted by atomic mass is 10.1. The molecule has 0 fully saturated rings. The highest BCUT2D eigenvalue weighted by Crippen LogP contribution is 2.30. The number of halogens is 1. The fourth-order valence-electron chi connectivity index (χ4n) is 2.71. The number of nitrogens with one attached hydrogen (secondary N) is 1. The summed E-state index contributed by atoms with van der Waals surface area (Å²) in [6.07, 6.45) is 3.56. The van der Waals surface area contributed by atoms with Gasteiger partial charge in [0.1, 0.15) is 11.3 Å². The van der Waals surface area contributed by atoms with E-state index in [4.69, 9.17) is 0 Å². The molecular formula is C18H13BrN4OS. The van der Waals surface area contributed by atoms with Crippen LogP contribution in [0.5, 0.6) is 0 Å². The Morgan fingerprint density at radius 1 is 1.20 bits per heavy atom. The standard InChI is InChI=1S/C18H13BrN4OS/c1-11(24)22-14-6-12(18-20-4-5-25-18)7-15(9-14)23-10-21-16-8-13(19)2-3-17(16)23/h2-10H,1H3,(H,22,24). The van der Waals surface area contributed by atoms with E-state index in [9.17, 15) is 4.79 Å². The van der Waals surface area contributed by atoms with Crippen LogP contribution >= 0.6 is 27.3 Å². The van der Waals surface area contributed by atoms with Crippen LogP contribution in [0, 0.1) is 0 Å². The number of amides is 1. The number of carbonyl (C=O) groups is 1. The van der Waals surface area contributed by atoms with Gasteiger partial charge in [-0.25, -0.2) is 9.97 Å². The molecule has 0 saturated heterocycles. The Kier molecular flexibility index (Phi) is 4.10. The van der Waals surface area contributed by atoms with Gasteiger partial charge in [-0.3, -0.25) is 9.36 Å². The molecule has 0 atom stereocenters. The molecular weight excluding hydrogens is 400 g/mol. The van der Waals surface area contributed by atoms with E-state index in [0.29, 0.717) is 0 Å². The van der Waals surface area contributed by atoms with E-state index in [2.05, 4.69) is 31.2 Å². The lowest BCUT2D eigenvalue weighted by Crippen LogP contribution is -2.06. The van der Waals surface area contributed by atoms with Gasteiger partial charge in [-0.15, -0.1) is 11.3 Å². The van der Waals surface area contributed by atoms with Gasteiger partial charge in [0.05, 0.1) is 11.0 Å². The van der Waals surface area contributed by atoms with E-state index in [-0.39, 0.29) is 5.91 Å². The van der Waals surface area contributed by atoms with Gasteiger partial charge in [0, 0.05) is 39.9 Å². The van der Waals surface area contributed by atoms with E-state index in [1.165, 1.54) is 6.92 Å². The minimum Gasteiger partial charge on any atom is -0.326 e. The molecule has 2 aromatic carbocycles. The van der Waals surface area contributed by atoms with Gasteiger partial charge >= 0.3 is 0 Å². The molecule has 4 aromatic rings. The van der Waals surface area contributed by atoms with Gasteiger partial charge in [-0.05, 0) is 36.4 Å². The fraction of sp³-hybridized carbons (Fsp3) is 0.0556. The first-order chi connectivity index (χ1) is 12.1. The number of carbonyl (C=O) groups excluding carboxylic acids is 1. The molecule has 0 unspecified atom stereocenters. The molecule has 5 nitrogen and oxygen atoms in total. The lowest BCUT2D eigenvalue weighted by molar-refractivity contribution is -0.114. The third kappa shape index (κ3) is 3.20. The van der Waals surface area contributed by atoms with Crippen molar-refractivity contribution < 1.29 is 4.79 Å². The SMILES string of the molecule is CC(=O)Nc1cc(-c2nccs2)cc(-n2cnc3cc(Br)ccc32)c1. The normalized spacial score (nSPS) is 11.0. The Bertz CT molecular complexity index is 1070. The number of rotatable bonds is 3. The molecule has 2 heterocycles. The summed E-state index contributed by atoms with van der Waals surface area (Å²) in [4.78, 5) is 20.4. The number of nitrogens with zero attached hydrogens (tertiary/aromatic N) is 3. The molecule has 0 bridgehead atoms. The lowest BCUT2D eigenvalue weighted by Gasteiger charge is -2.11. The average molecular weight is 413 g/mol. The topological polar surface area (TPSA) is 59.8 Å². The first kappa shape index (κ1) is 16.0. The molecule has 0 aliphatic heterocycles. The number of anilines is 1. The van der Waals surface area contributed by atoms with Crippen molar-refractivity contribution in [3.8, 4) is 16.3 Å². The van der Waals surface area contributed by atoms with E-state index >= 15 is 0 Å². The van der Waals surface area contributed by atoms with Gasteiger partial charge in [-0.1, -0.05) is 15.9 Å². The molecule has 25 heavy (non-hydrogen) atoms. The number of fused-ring (bicyclic) bond motifs is 1. The van der Waals surface area contributed by atoms with Crippen molar-refractivity contribution in [3.63, 3.8) is 0 Å². The number of imidazole rings is 1. The molecule has 1 N–H and O–H groups in total. The summed E-state index contributed by atoms with van der Waals surface area (Å²) >= 11 is 5.03. The summed E-state index contributed by atoms with van der Waals surface area (Å²) < 4.78 is 2.99. The van der Waals surface area contributed by atoms with E-state index in [1.807, 2.05) is 46.3 Å². The van der Waals surface area contributed by atoms with Gasteiger partial charge < -0.3 is 5.32 Å². The van der Waals surface area contributed by atoms with Crippen LogP contribution in [0.3, 0.4) is 0 Å². The van der Waals surface area contributed by atoms with Crippen molar-refractivity contribution in [3.05, 3.63) is 58.8 Å². The summed E-state index contributed by atoms with van der Waals surface area (Å²) in [5.74, 6) is -0.110. The maximum atomic E-state index is 11.5. The summed E-state index contributed by atoms with van der Waals surface area (Å²) in [5, 5.41) is 5.70. The number of hydrogen-bond donors (Lipinski definition) is 1. The molecule has 0 saturated carbocycles. The molecule has 0 aliphatic carbocycles. The highest BCUT2D eigenvalue weighted by atomic mass is 79.9. The second-order valence-electron chi connectivity index (χ2n) is 5.53. The van der Waals surface area contributed by atoms with Gasteiger partial charge in [-0.2, -0.15) is 0 Å². The van der Waals surface area contributed by atoms with Crippen molar-refractivity contribution in [2.24, 2.45) is 0 Å². The van der Waals surface area contributed by atoms with Gasteiger partial charge in [0.2, 0.25) is 5.91 Å². The zero-order valence-electron chi connectivity index (χ0n) is 13.2. The molecule has 1 amide bonds. The van der Waals surface area contributed by atoms with Gasteiger partial charge in [0.25, 0.3) is 0 Å². The predicted molar refractivity (Wildman–Crippen MR) is 104 cm³/mol. The Hall–Kier alpha value is -2.51. The molecule has 124 valence electrons. The number of aromatic nitrogens is 3. The maximum absolute atomic E-state index is 11.5. The fourth-order valence-corrected chi connectivity index (χ4v) is 3.68. The quantitative estimate of drug-likeness (QED) is 0.521. The smallest absolute Gasteiger partial charge is 0.221 e. The number of thiazole rings is 1. The third-order valence-electron chi connectivity index (χ3n) is 3.70. The van der Waals surface area contributed by atoms with Crippen LogP contribution in [0.1, 0.15) is 6.92 Å². The summed E-state index contributed by atoms with van der Waals surface area (Å²) in [7, 11) is 0. The van der Waals surface area contributed by atoms with E-state index < -0.39 is 0 Å². The molecule has 0 spiro atoms. The van der Waals surface area contributed by atoms with Crippen LogP contribution in [0.4, 0.5) is 5.69 Å². The van der Waals surface area contributed by atoms with E-state index in [0.717, 1.165) is 37.5 Å². The van der Waals surface area contributed by atoms with Crippen LogP contribution < -0.4 is 5.32 Å². The highest BCUT2D eigenvalue weighted by Gasteiger charge is 2.10. The summed E-state index contributed by atoms with van der Waals surface area (Å²) in [6, 6.07) is 11.9. The predicted octanol–water partition coefficient (Wildman–Crippen LogP) is 4.87. The Morgan fingerprint density at radius 3 is 2.84 bits per heavy atom. The van der Waals surface area contributed by atoms with Crippen molar-refractivity contribution in [2.45, 2.75) is 6.92 Å². The minimum absolute atomic E-state index is 0.110. The Balaban J connectivity index is 1.90. The van der Waals surface area contributed by atoms with Crippen LogP contribution in [-0.4, -0.2) is 20.4 Å². The van der Waals surface area contributed by atoms with Crippen LogP contribution in [0.25, 0.3) is 27.3 Å². The third-order valence-corrected chi connectivity index (χ3v) is 5.02. The first-order valence-electron chi connectivity index (χ1n) is 7.56. The summed E-state index contributed by atoms with van der Waals surface area (Å²) in [5.41, 5.74) is 4.49.